The van der Waals surface area contributed by atoms with E-state index in [9.17, 15) is 0 Å². The first kappa shape index (κ1) is 9.92. The van der Waals surface area contributed by atoms with E-state index in [4.69, 9.17) is 4.84 Å². The zero-order chi connectivity index (χ0) is 8.04. The Morgan fingerprint density at radius 3 is 2.00 bits per heavy atom. The van der Waals surface area contributed by atoms with Crippen LogP contribution in [0.15, 0.2) is 0 Å². The zero-order valence-corrected chi connectivity index (χ0v) is 7.53. The smallest absolute Gasteiger partial charge is 0.0863 e. The molecule has 0 aliphatic carbocycles. The second-order valence-corrected chi connectivity index (χ2v) is 2.76. The van der Waals surface area contributed by atoms with Gasteiger partial charge in [-0.1, -0.05) is 20.8 Å². The van der Waals surface area contributed by atoms with Crippen LogP contribution in [0.2, 0.25) is 0 Å². The van der Waals surface area contributed by atoms with E-state index in [0.29, 0.717) is 0 Å². The second-order valence-electron chi connectivity index (χ2n) is 2.76. The van der Waals surface area contributed by atoms with Crippen molar-refractivity contribution in [3.8, 4) is 0 Å². The zero-order valence-electron chi connectivity index (χ0n) is 7.53. The summed E-state index contributed by atoms with van der Waals surface area (Å²) in [6.07, 6.45) is 2.10. The van der Waals surface area contributed by atoms with Crippen molar-refractivity contribution in [2.24, 2.45) is 0 Å². The topological polar surface area (TPSA) is 21.3 Å². The first-order chi connectivity index (χ1) is 4.68. The molecule has 0 unspecified atom stereocenters. The SMILES string of the molecule is CCNOC(C)(CC)CC. The molecule has 0 bridgehead atoms. The lowest BCUT2D eigenvalue weighted by Crippen LogP contribution is -2.33. The van der Waals surface area contributed by atoms with Gasteiger partial charge in [-0.2, -0.15) is 0 Å². The van der Waals surface area contributed by atoms with Gasteiger partial charge in [-0.05, 0) is 19.8 Å². The van der Waals surface area contributed by atoms with Crippen molar-refractivity contribution in [3.63, 3.8) is 0 Å². The summed E-state index contributed by atoms with van der Waals surface area (Å²) in [6.45, 7) is 9.30. The van der Waals surface area contributed by atoms with Crippen molar-refractivity contribution in [1.82, 2.24) is 5.48 Å². The maximum Gasteiger partial charge on any atom is 0.0863 e. The maximum atomic E-state index is 5.43. The quantitative estimate of drug-likeness (QED) is 0.598. The third-order valence-corrected chi connectivity index (χ3v) is 1.96. The van der Waals surface area contributed by atoms with E-state index in [0.717, 1.165) is 19.4 Å². The molecule has 0 amide bonds. The molecule has 0 rings (SSSR count). The highest BCUT2D eigenvalue weighted by Gasteiger charge is 2.19. The van der Waals surface area contributed by atoms with Crippen LogP contribution < -0.4 is 5.48 Å². The molecule has 0 aromatic heterocycles. The van der Waals surface area contributed by atoms with Crippen LogP contribution >= 0.6 is 0 Å². The van der Waals surface area contributed by atoms with Gasteiger partial charge in [0.25, 0.3) is 0 Å². The van der Waals surface area contributed by atoms with E-state index in [1.165, 1.54) is 0 Å². The highest BCUT2D eigenvalue weighted by Crippen LogP contribution is 2.17. The Morgan fingerprint density at radius 2 is 1.70 bits per heavy atom. The normalized spacial score (nSPS) is 12.0. The minimum absolute atomic E-state index is 0.0238. The molecule has 0 saturated heterocycles. The van der Waals surface area contributed by atoms with Gasteiger partial charge >= 0.3 is 0 Å². The van der Waals surface area contributed by atoms with Crippen molar-refractivity contribution in [1.29, 1.82) is 0 Å². The molecule has 0 heterocycles. The van der Waals surface area contributed by atoms with Gasteiger partial charge in [-0.15, -0.1) is 0 Å². The lowest BCUT2D eigenvalue weighted by atomic mass is 10.0. The van der Waals surface area contributed by atoms with E-state index in [1.807, 2.05) is 6.92 Å². The van der Waals surface area contributed by atoms with Crippen LogP contribution in [0.4, 0.5) is 0 Å². The molecule has 0 aromatic rings. The third kappa shape index (κ3) is 3.18. The van der Waals surface area contributed by atoms with Gasteiger partial charge in [0.05, 0.1) is 5.60 Å². The Bertz CT molecular complexity index is 79.3. The lowest BCUT2D eigenvalue weighted by molar-refractivity contribution is -0.0977. The molecule has 10 heavy (non-hydrogen) atoms. The molecule has 2 nitrogen and oxygen atoms in total. The predicted octanol–water partition coefficient (Wildman–Crippen LogP) is 2.11. The summed E-state index contributed by atoms with van der Waals surface area (Å²) in [5.41, 5.74) is 2.91. The number of hydrogen-bond acceptors (Lipinski definition) is 2. The molecule has 0 atom stereocenters. The predicted molar refractivity (Wildman–Crippen MR) is 43.7 cm³/mol. The minimum Gasteiger partial charge on any atom is -0.296 e. The minimum atomic E-state index is 0.0238. The van der Waals surface area contributed by atoms with Crippen molar-refractivity contribution in [2.45, 2.75) is 46.1 Å². The summed E-state index contributed by atoms with van der Waals surface area (Å²) in [5.74, 6) is 0. The summed E-state index contributed by atoms with van der Waals surface area (Å²) in [4.78, 5) is 5.43. The highest BCUT2D eigenvalue weighted by atomic mass is 16.7. The molecule has 0 spiro atoms. The molecule has 0 fully saturated rings. The van der Waals surface area contributed by atoms with Gasteiger partial charge in [-0.3, -0.25) is 4.84 Å². The first-order valence-electron chi connectivity index (χ1n) is 4.09. The molecule has 0 saturated carbocycles. The van der Waals surface area contributed by atoms with Crippen molar-refractivity contribution < 1.29 is 4.84 Å². The molecule has 0 radical (unpaired) electrons. The van der Waals surface area contributed by atoms with Gasteiger partial charge in [0.1, 0.15) is 0 Å². The standard InChI is InChI=1S/C8H19NO/c1-5-8(4,6-2)10-9-7-3/h9H,5-7H2,1-4H3. The van der Waals surface area contributed by atoms with Crippen LogP contribution in [0.25, 0.3) is 0 Å². The molecular formula is C8H19NO. The molecule has 2 heteroatoms. The van der Waals surface area contributed by atoms with Gasteiger partial charge in [0, 0.05) is 6.54 Å². The number of nitrogens with one attached hydrogen (secondary N) is 1. The summed E-state index contributed by atoms with van der Waals surface area (Å²) >= 11 is 0. The van der Waals surface area contributed by atoms with Gasteiger partial charge < -0.3 is 0 Å². The Kier molecular flexibility index (Phi) is 4.65. The Morgan fingerprint density at radius 1 is 1.20 bits per heavy atom. The second kappa shape index (κ2) is 4.69. The average molecular weight is 145 g/mol. The molecule has 0 aromatic carbocycles. The lowest BCUT2D eigenvalue weighted by Gasteiger charge is -2.26. The van der Waals surface area contributed by atoms with Crippen molar-refractivity contribution >= 4 is 0 Å². The highest BCUT2D eigenvalue weighted by molar-refractivity contribution is 4.68. The molecular weight excluding hydrogens is 126 g/mol. The molecule has 62 valence electrons. The fraction of sp³-hybridized carbons (Fsp3) is 1.00. The fourth-order valence-corrected chi connectivity index (χ4v) is 0.641. The molecule has 0 aliphatic heterocycles. The maximum absolute atomic E-state index is 5.43. The van der Waals surface area contributed by atoms with E-state index in [-0.39, 0.29) is 5.60 Å². The first-order valence-corrected chi connectivity index (χ1v) is 4.09. The Hall–Kier alpha value is -0.0800. The largest absolute Gasteiger partial charge is 0.296 e. The summed E-state index contributed by atoms with van der Waals surface area (Å²) < 4.78 is 0. The fourth-order valence-electron chi connectivity index (χ4n) is 0.641. The van der Waals surface area contributed by atoms with E-state index >= 15 is 0 Å². The summed E-state index contributed by atoms with van der Waals surface area (Å²) in [5, 5.41) is 0. The monoisotopic (exact) mass is 145 g/mol. The van der Waals surface area contributed by atoms with E-state index in [1.54, 1.807) is 0 Å². The number of hydrogen-bond donors (Lipinski definition) is 1. The number of hydroxylamine groups is 1. The van der Waals surface area contributed by atoms with Gasteiger partial charge in [-0.25, -0.2) is 5.48 Å². The van der Waals surface area contributed by atoms with E-state index < -0.39 is 0 Å². The van der Waals surface area contributed by atoms with Crippen molar-refractivity contribution in [2.75, 3.05) is 6.54 Å². The van der Waals surface area contributed by atoms with Crippen molar-refractivity contribution in [3.05, 3.63) is 0 Å². The van der Waals surface area contributed by atoms with Crippen LogP contribution in [-0.2, 0) is 4.84 Å². The Balaban J connectivity index is 3.58. The number of rotatable bonds is 5. The van der Waals surface area contributed by atoms with Crippen LogP contribution in [0.1, 0.15) is 40.5 Å². The van der Waals surface area contributed by atoms with Crippen LogP contribution in [0, 0.1) is 0 Å². The third-order valence-electron chi connectivity index (χ3n) is 1.96. The van der Waals surface area contributed by atoms with Gasteiger partial charge in [0.15, 0.2) is 0 Å². The molecule has 1 N–H and O–H groups in total. The van der Waals surface area contributed by atoms with Gasteiger partial charge in [0.2, 0.25) is 0 Å². The summed E-state index contributed by atoms with van der Waals surface area (Å²) in [6, 6.07) is 0. The molecule has 0 aliphatic rings. The average Bonchev–Trinajstić information content (AvgIpc) is 2.00. The van der Waals surface area contributed by atoms with E-state index in [2.05, 4.69) is 26.3 Å². The summed E-state index contributed by atoms with van der Waals surface area (Å²) in [7, 11) is 0. The Labute approximate surface area is 63.9 Å². The van der Waals surface area contributed by atoms with Crippen LogP contribution in [-0.4, -0.2) is 12.1 Å². The van der Waals surface area contributed by atoms with Crippen LogP contribution in [0.3, 0.4) is 0 Å². The van der Waals surface area contributed by atoms with Crippen LogP contribution in [0.5, 0.6) is 0 Å².